The van der Waals surface area contributed by atoms with Crippen molar-refractivity contribution in [2.75, 3.05) is 19.6 Å². The van der Waals surface area contributed by atoms with Gasteiger partial charge >= 0.3 is 0 Å². The van der Waals surface area contributed by atoms with Crippen LogP contribution < -0.4 is 5.73 Å². The van der Waals surface area contributed by atoms with Crippen molar-refractivity contribution in [3.05, 3.63) is 34.9 Å². The summed E-state index contributed by atoms with van der Waals surface area (Å²) in [5.41, 5.74) is 10.1. The smallest absolute Gasteiger partial charge is 0.0470 e. The van der Waals surface area contributed by atoms with Crippen molar-refractivity contribution >= 4 is 0 Å². The summed E-state index contributed by atoms with van der Waals surface area (Å²) >= 11 is 0. The van der Waals surface area contributed by atoms with Crippen LogP contribution in [-0.2, 0) is 0 Å². The molecule has 0 aliphatic carbocycles. The summed E-state index contributed by atoms with van der Waals surface area (Å²) in [5.74, 6) is 0.805. The van der Waals surface area contributed by atoms with Crippen molar-refractivity contribution in [2.24, 2.45) is 11.7 Å². The summed E-state index contributed by atoms with van der Waals surface area (Å²) in [6, 6.07) is 7.18. The molecule has 1 saturated heterocycles. The molecule has 100 valence electrons. The summed E-state index contributed by atoms with van der Waals surface area (Å²) in [6.45, 7) is 9.80. The molecule has 1 aliphatic rings. The van der Waals surface area contributed by atoms with Gasteiger partial charge < -0.3 is 5.73 Å². The summed E-state index contributed by atoms with van der Waals surface area (Å²) in [4.78, 5) is 2.57. The lowest BCUT2D eigenvalue weighted by molar-refractivity contribution is 0.133. The zero-order chi connectivity index (χ0) is 13.1. The molecule has 1 aromatic carbocycles. The summed E-state index contributed by atoms with van der Waals surface area (Å²) < 4.78 is 0. The van der Waals surface area contributed by atoms with Gasteiger partial charge in [0.25, 0.3) is 0 Å². The predicted molar refractivity (Wildman–Crippen MR) is 77.7 cm³/mol. The Labute approximate surface area is 111 Å². The summed E-state index contributed by atoms with van der Waals surface area (Å²) in [5, 5.41) is 0. The zero-order valence-corrected chi connectivity index (χ0v) is 11.9. The lowest BCUT2D eigenvalue weighted by Gasteiger charge is -2.37. The second kappa shape index (κ2) is 5.85. The fraction of sp³-hybridized carbons (Fsp3) is 0.625. The maximum atomic E-state index is 6.03. The Morgan fingerprint density at radius 1 is 1.33 bits per heavy atom. The van der Waals surface area contributed by atoms with E-state index in [4.69, 9.17) is 5.73 Å². The van der Waals surface area contributed by atoms with Crippen LogP contribution in [0, 0.1) is 19.8 Å². The lowest BCUT2D eigenvalue weighted by Crippen LogP contribution is -2.40. The SMILES string of the molecule is Cc1ccc([C@H](CN)N2CCC[C@H](C)C2)cc1C. The van der Waals surface area contributed by atoms with Crippen LogP contribution >= 0.6 is 0 Å². The predicted octanol–water partition coefficient (Wildman–Crippen LogP) is 3.04. The zero-order valence-electron chi connectivity index (χ0n) is 11.9. The number of nitrogens with zero attached hydrogens (tertiary/aromatic N) is 1. The van der Waals surface area contributed by atoms with Crippen molar-refractivity contribution in [2.45, 2.75) is 39.7 Å². The quantitative estimate of drug-likeness (QED) is 0.888. The Hall–Kier alpha value is -0.860. The van der Waals surface area contributed by atoms with Crippen LogP contribution in [0.2, 0.25) is 0 Å². The molecule has 1 aromatic rings. The molecule has 2 nitrogen and oxygen atoms in total. The number of rotatable bonds is 3. The molecule has 0 radical (unpaired) electrons. The molecule has 0 aromatic heterocycles. The standard InChI is InChI=1S/C16H26N2/c1-12-5-4-8-18(11-12)16(10-17)15-7-6-13(2)14(3)9-15/h6-7,9,12,16H,4-5,8,10-11,17H2,1-3H3/t12-,16-/m0/s1. The van der Waals surface area contributed by atoms with Crippen LogP contribution in [0.4, 0.5) is 0 Å². The van der Waals surface area contributed by atoms with Crippen molar-refractivity contribution < 1.29 is 0 Å². The number of nitrogens with two attached hydrogens (primary N) is 1. The molecule has 1 aliphatic heterocycles. The number of piperidine rings is 1. The minimum Gasteiger partial charge on any atom is -0.329 e. The normalized spacial score (nSPS) is 23.0. The number of benzene rings is 1. The van der Waals surface area contributed by atoms with Gasteiger partial charge in [0.15, 0.2) is 0 Å². The Morgan fingerprint density at radius 2 is 2.11 bits per heavy atom. The van der Waals surface area contributed by atoms with Crippen molar-refractivity contribution in [3.63, 3.8) is 0 Å². The number of hydrogen-bond donors (Lipinski definition) is 1. The topological polar surface area (TPSA) is 29.3 Å². The summed E-state index contributed by atoms with van der Waals surface area (Å²) in [6.07, 6.45) is 2.67. The number of likely N-dealkylation sites (tertiary alicyclic amines) is 1. The monoisotopic (exact) mass is 246 g/mol. The Morgan fingerprint density at radius 3 is 2.72 bits per heavy atom. The molecule has 2 rings (SSSR count). The van der Waals surface area contributed by atoms with Crippen molar-refractivity contribution in [1.82, 2.24) is 4.90 Å². The average molecular weight is 246 g/mol. The van der Waals surface area contributed by atoms with Gasteiger partial charge in [-0.25, -0.2) is 0 Å². The van der Waals surface area contributed by atoms with E-state index in [0.29, 0.717) is 6.04 Å². The van der Waals surface area contributed by atoms with Gasteiger partial charge in [-0.3, -0.25) is 4.90 Å². The molecular formula is C16H26N2. The largest absolute Gasteiger partial charge is 0.329 e. The minimum absolute atomic E-state index is 0.395. The van der Waals surface area contributed by atoms with Crippen LogP contribution in [0.1, 0.15) is 42.5 Å². The average Bonchev–Trinajstić information content (AvgIpc) is 2.35. The van der Waals surface area contributed by atoms with Gasteiger partial charge in [0, 0.05) is 19.1 Å². The molecule has 0 spiro atoms. The van der Waals surface area contributed by atoms with Crippen LogP contribution in [0.5, 0.6) is 0 Å². The van der Waals surface area contributed by atoms with E-state index in [2.05, 4.69) is 43.9 Å². The van der Waals surface area contributed by atoms with Gasteiger partial charge in [-0.05, 0) is 55.8 Å². The second-order valence-electron chi connectivity index (χ2n) is 5.84. The minimum atomic E-state index is 0.395. The molecule has 2 atom stereocenters. The molecule has 0 amide bonds. The third-order valence-corrected chi connectivity index (χ3v) is 4.27. The molecule has 1 heterocycles. The Balaban J connectivity index is 2.18. The molecule has 0 saturated carbocycles. The van der Waals surface area contributed by atoms with E-state index in [9.17, 15) is 0 Å². The van der Waals surface area contributed by atoms with E-state index in [-0.39, 0.29) is 0 Å². The highest BCUT2D eigenvalue weighted by atomic mass is 15.2. The Kier molecular flexibility index (Phi) is 4.41. The van der Waals surface area contributed by atoms with Crippen molar-refractivity contribution in [3.8, 4) is 0 Å². The number of aryl methyl sites for hydroxylation is 2. The van der Waals surface area contributed by atoms with Gasteiger partial charge in [-0.1, -0.05) is 25.1 Å². The number of hydrogen-bond acceptors (Lipinski definition) is 2. The van der Waals surface area contributed by atoms with Crippen LogP contribution in [0.15, 0.2) is 18.2 Å². The molecule has 2 heteroatoms. The highest BCUT2D eigenvalue weighted by molar-refractivity contribution is 5.32. The molecule has 1 fully saturated rings. The van der Waals surface area contributed by atoms with E-state index in [1.165, 1.54) is 42.6 Å². The van der Waals surface area contributed by atoms with Crippen molar-refractivity contribution in [1.29, 1.82) is 0 Å². The first kappa shape index (κ1) is 13.6. The molecular weight excluding hydrogens is 220 g/mol. The van der Waals surface area contributed by atoms with E-state index in [0.717, 1.165) is 12.5 Å². The first-order valence-electron chi connectivity index (χ1n) is 7.13. The highest BCUT2D eigenvalue weighted by Crippen LogP contribution is 2.27. The van der Waals surface area contributed by atoms with Gasteiger partial charge in [0.2, 0.25) is 0 Å². The first-order chi connectivity index (χ1) is 8.61. The lowest BCUT2D eigenvalue weighted by atomic mass is 9.95. The van der Waals surface area contributed by atoms with Gasteiger partial charge in [-0.2, -0.15) is 0 Å². The maximum absolute atomic E-state index is 6.03. The fourth-order valence-corrected chi connectivity index (χ4v) is 2.98. The fourth-order valence-electron chi connectivity index (χ4n) is 2.98. The first-order valence-corrected chi connectivity index (χ1v) is 7.13. The van der Waals surface area contributed by atoms with Gasteiger partial charge in [-0.15, -0.1) is 0 Å². The van der Waals surface area contributed by atoms with E-state index >= 15 is 0 Å². The Bertz CT molecular complexity index is 400. The van der Waals surface area contributed by atoms with Crippen LogP contribution in [-0.4, -0.2) is 24.5 Å². The third kappa shape index (κ3) is 2.93. The molecule has 18 heavy (non-hydrogen) atoms. The molecule has 0 bridgehead atoms. The molecule has 2 N–H and O–H groups in total. The van der Waals surface area contributed by atoms with E-state index in [1.54, 1.807) is 0 Å². The van der Waals surface area contributed by atoms with E-state index in [1.807, 2.05) is 0 Å². The van der Waals surface area contributed by atoms with Crippen LogP contribution in [0.3, 0.4) is 0 Å². The second-order valence-corrected chi connectivity index (χ2v) is 5.84. The third-order valence-electron chi connectivity index (χ3n) is 4.27. The van der Waals surface area contributed by atoms with Crippen LogP contribution in [0.25, 0.3) is 0 Å². The van der Waals surface area contributed by atoms with Gasteiger partial charge in [0.1, 0.15) is 0 Å². The van der Waals surface area contributed by atoms with Gasteiger partial charge in [0.05, 0.1) is 0 Å². The maximum Gasteiger partial charge on any atom is 0.0470 e. The summed E-state index contributed by atoms with van der Waals surface area (Å²) in [7, 11) is 0. The van der Waals surface area contributed by atoms with E-state index < -0.39 is 0 Å². The molecule has 0 unspecified atom stereocenters. The highest BCUT2D eigenvalue weighted by Gasteiger charge is 2.24.